The predicted octanol–water partition coefficient (Wildman–Crippen LogP) is 4.20. The van der Waals surface area contributed by atoms with Gasteiger partial charge in [0.15, 0.2) is 0 Å². The van der Waals surface area contributed by atoms with Gasteiger partial charge in [-0.1, -0.05) is 55.7 Å². The molecule has 1 aromatic heterocycles. The topological polar surface area (TPSA) is 52.7 Å². The van der Waals surface area contributed by atoms with Crippen molar-refractivity contribution >= 4 is 23.2 Å². The third kappa shape index (κ3) is 6.42. The first-order valence-corrected chi connectivity index (χ1v) is 13.0. The minimum Gasteiger partial charge on any atom is -0.340 e. The number of rotatable bonds is 7. The monoisotopic (exact) mass is 453 g/mol. The Kier molecular flexibility index (Phi) is 8.35. The number of benzene rings is 1. The Morgan fingerprint density at radius 3 is 2.50 bits per heavy atom. The molecule has 2 fully saturated rings. The average molecular weight is 454 g/mol. The summed E-state index contributed by atoms with van der Waals surface area (Å²) in [6.45, 7) is 4.67. The van der Waals surface area contributed by atoms with Gasteiger partial charge in [-0.2, -0.15) is 0 Å². The van der Waals surface area contributed by atoms with Crippen molar-refractivity contribution in [2.45, 2.75) is 51.0 Å². The van der Waals surface area contributed by atoms with E-state index in [1.807, 2.05) is 46.7 Å². The molecule has 1 saturated heterocycles. The molecule has 1 unspecified atom stereocenters. The van der Waals surface area contributed by atoms with Crippen LogP contribution in [0.15, 0.2) is 47.8 Å². The van der Waals surface area contributed by atoms with Crippen LogP contribution in [0.4, 0.5) is 0 Å². The maximum absolute atomic E-state index is 13.6. The fourth-order valence-electron chi connectivity index (χ4n) is 5.02. The summed E-state index contributed by atoms with van der Waals surface area (Å²) in [5.74, 6) is 0.697. The van der Waals surface area contributed by atoms with Crippen LogP contribution in [0.25, 0.3) is 0 Å². The van der Waals surface area contributed by atoms with E-state index >= 15 is 0 Å². The average Bonchev–Trinajstić information content (AvgIpc) is 3.27. The minimum atomic E-state index is -0.545. The first kappa shape index (κ1) is 23.0. The molecule has 5 nitrogen and oxygen atoms in total. The van der Waals surface area contributed by atoms with E-state index < -0.39 is 6.04 Å². The predicted molar refractivity (Wildman–Crippen MR) is 130 cm³/mol. The lowest BCUT2D eigenvalue weighted by Crippen LogP contribution is -2.50. The molecule has 0 spiro atoms. The molecule has 1 atom stereocenters. The lowest BCUT2D eigenvalue weighted by atomic mass is 9.89. The van der Waals surface area contributed by atoms with Crippen LogP contribution in [-0.4, -0.2) is 60.4 Å². The number of carbonyl (C=O) groups excluding carboxylic acids is 2. The summed E-state index contributed by atoms with van der Waals surface area (Å²) in [5.41, 5.74) is 1.06. The largest absolute Gasteiger partial charge is 0.340 e. The molecule has 6 heteroatoms. The Hall–Kier alpha value is -2.18. The van der Waals surface area contributed by atoms with Gasteiger partial charge in [0.2, 0.25) is 5.91 Å². The molecule has 2 heterocycles. The third-order valence-corrected chi connectivity index (χ3v) is 7.64. The Balaban J connectivity index is 1.39. The zero-order chi connectivity index (χ0) is 22.2. The molecule has 4 rings (SSSR count). The van der Waals surface area contributed by atoms with Crippen LogP contribution in [0.3, 0.4) is 0 Å². The summed E-state index contributed by atoms with van der Waals surface area (Å²) in [7, 11) is 0. The number of amides is 2. The Bertz CT molecular complexity index is 849. The van der Waals surface area contributed by atoms with E-state index in [4.69, 9.17) is 0 Å². The van der Waals surface area contributed by atoms with Gasteiger partial charge < -0.3 is 15.1 Å². The highest BCUT2D eigenvalue weighted by Gasteiger charge is 2.29. The Labute approximate surface area is 195 Å². The van der Waals surface area contributed by atoms with E-state index in [-0.39, 0.29) is 11.8 Å². The molecule has 2 aromatic rings. The third-order valence-electron chi connectivity index (χ3n) is 6.77. The van der Waals surface area contributed by atoms with Gasteiger partial charge in [0, 0.05) is 32.6 Å². The van der Waals surface area contributed by atoms with Crippen LogP contribution < -0.4 is 5.32 Å². The van der Waals surface area contributed by atoms with Crippen LogP contribution in [0.5, 0.6) is 0 Å². The van der Waals surface area contributed by atoms with Crippen LogP contribution in [0.2, 0.25) is 0 Å². The highest BCUT2D eigenvalue weighted by molar-refractivity contribution is 7.12. The maximum Gasteiger partial charge on any atom is 0.262 e. The first-order chi connectivity index (χ1) is 15.7. The van der Waals surface area contributed by atoms with Crippen LogP contribution in [0, 0.1) is 5.92 Å². The number of hydrogen-bond acceptors (Lipinski definition) is 4. The highest BCUT2D eigenvalue weighted by atomic mass is 32.1. The SMILES string of the molecule is O=C(NC(Cc1ccccc1)C(=O)N1CCCN(CC2CCCCC2)CC1)c1cccs1. The van der Waals surface area contributed by atoms with Crippen molar-refractivity contribution in [2.24, 2.45) is 5.92 Å². The molecule has 2 amide bonds. The molecule has 1 saturated carbocycles. The van der Waals surface area contributed by atoms with Crippen LogP contribution in [-0.2, 0) is 11.2 Å². The van der Waals surface area contributed by atoms with E-state index in [0.717, 1.165) is 44.1 Å². The fourth-order valence-corrected chi connectivity index (χ4v) is 5.64. The van der Waals surface area contributed by atoms with Crippen molar-refractivity contribution in [1.29, 1.82) is 0 Å². The number of nitrogens with one attached hydrogen (secondary N) is 1. The number of carbonyl (C=O) groups is 2. The van der Waals surface area contributed by atoms with Gasteiger partial charge in [-0.05, 0) is 48.7 Å². The Morgan fingerprint density at radius 2 is 1.75 bits per heavy atom. The van der Waals surface area contributed by atoms with Crippen molar-refractivity contribution in [2.75, 3.05) is 32.7 Å². The molecule has 1 N–H and O–H groups in total. The van der Waals surface area contributed by atoms with Gasteiger partial charge in [0.1, 0.15) is 6.04 Å². The molecule has 1 aliphatic heterocycles. The molecule has 1 aliphatic carbocycles. The Morgan fingerprint density at radius 1 is 0.938 bits per heavy atom. The van der Waals surface area contributed by atoms with Crippen LogP contribution >= 0.6 is 11.3 Å². The van der Waals surface area contributed by atoms with E-state index in [1.165, 1.54) is 50.0 Å². The van der Waals surface area contributed by atoms with E-state index in [0.29, 0.717) is 11.3 Å². The van der Waals surface area contributed by atoms with Crippen molar-refractivity contribution in [3.05, 3.63) is 58.3 Å². The summed E-state index contributed by atoms with van der Waals surface area (Å²) in [6.07, 6.45) is 8.34. The van der Waals surface area contributed by atoms with Gasteiger partial charge in [-0.3, -0.25) is 9.59 Å². The number of nitrogens with zero attached hydrogens (tertiary/aromatic N) is 2. The van der Waals surface area contributed by atoms with Crippen molar-refractivity contribution in [3.63, 3.8) is 0 Å². The summed E-state index contributed by atoms with van der Waals surface area (Å²) in [4.78, 5) is 31.5. The quantitative estimate of drug-likeness (QED) is 0.684. The lowest BCUT2D eigenvalue weighted by Gasteiger charge is -2.29. The lowest BCUT2D eigenvalue weighted by molar-refractivity contribution is -0.133. The van der Waals surface area contributed by atoms with E-state index in [2.05, 4.69) is 10.2 Å². The molecule has 172 valence electrons. The zero-order valence-electron chi connectivity index (χ0n) is 18.9. The molecule has 1 aromatic carbocycles. The highest BCUT2D eigenvalue weighted by Crippen LogP contribution is 2.25. The van der Waals surface area contributed by atoms with Gasteiger partial charge in [0.25, 0.3) is 5.91 Å². The summed E-state index contributed by atoms with van der Waals surface area (Å²) in [5, 5.41) is 4.92. The van der Waals surface area contributed by atoms with Gasteiger partial charge >= 0.3 is 0 Å². The van der Waals surface area contributed by atoms with Gasteiger partial charge in [0.05, 0.1) is 4.88 Å². The van der Waals surface area contributed by atoms with Crippen LogP contribution in [0.1, 0.15) is 53.8 Å². The van der Waals surface area contributed by atoms with Crippen molar-refractivity contribution in [3.8, 4) is 0 Å². The molecule has 0 bridgehead atoms. The minimum absolute atomic E-state index is 0.0401. The second kappa shape index (κ2) is 11.6. The molecule has 2 aliphatic rings. The second-order valence-electron chi connectivity index (χ2n) is 9.18. The fraction of sp³-hybridized carbons (Fsp3) is 0.538. The zero-order valence-corrected chi connectivity index (χ0v) is 19.7. The van der Waals surface area contributed by atoms with Crippen molar-refractivity contribution in [1.82, 2.24) is 15.1 Å². The second-order valence-corrected chi connectivity index (χ2v) is 10.1. The van der Waals surface area contributed by atoms with Crippen molar-refractivity contribution < 1.29 is 9.59 Å². The smallest absolute Gasteiger partial charge is 0.262 e. The maximum atomic E-state index is 13.6. The normalized spacial score (nSPS) is 19.3. The number of hydrogen-bond donors (Lipinski definition) is 1. The number of thiophene rings is 1. The molecule has 32 heavy (non-hydrogen) atoms. The summed E-state index contributed by atoms with van der Waals surface area (Å²) >= 11 is 1.40. The van der Waals surface area contributed by atoms with E-state index in [9.17, 15) is 9.59 Å². The summed E-state index contributed by atoms with van der Waals surface area (Å²) < 4.78 is 0. The van der Waals surface area contributed by atoms with E-state index in [1.54, 1.807) is 6.07 Å². The summed E-state index contributed by atoms with van der Waals surface area (Å²) in [6, 6.07) is 13.1. The van der Waals surface area contributed by atoms with Gasteiger partial charge in [-0.15, -0.1) is 11.3 Å². The standard InChI is InChI=1S/C26H35N3O2S/c30-25(24-13-7-18-32-24)27-23(19-21-9-3-1-4-10-21)26(31)29-15-8-14-28(16-17-29)20-22-11-5-2-6-12-22/h1,3-4,7,9-10,13,18,22-23H,2,5-6,8,11-12,14-17,19-20H2,(H,27,30). The molecule has 0 radical (unpaired) electrons. The van der Waals surface area contributed by atoms with Gasteiger partial charge in [-0.25, -0.2) is 0 Å². The first-order valence-electron chi connectivity index (χ1n) is 12.1. The molecular formula is C26H35N3O2S. The molecular weight excluding hydrogens is 418 g/mol.